The molecule has 0 atom stereocenters. The minimum atomic E-state index is 0. The monoisotopic (exact) mass is 640 g/mol. The minimum absolute atomic E-state index is 0. The first-order chi connectivity index (χ1) is 0. The van der Waals surface area contributed by atoms with Crippen LogP contribution in [0.15, 0.2) is 0 Å². The van der Waals surface area contributed by atoms with Crippen molar-refractivity contribution in [3.05, 3.63) is 0 Å². The van der Waals surface area contributed by atoms with Crippen LogP contribution in [0.1, 0.15) is 0 Å². The average Bonchev–Trinajstić information content (AvgIpc) is 0. The van der Waals surface area contributed by atoms with Gasteiger partial charge in [-0.15, -0.1) is 0 Å². The van der Waals surface area contributed by atoms with Crippen molar-refractivity contribution < 1.29 is 107 Å². The minimum Gasteiger partial charge on any atom is 0 e. The number of rotatable bonds is 0. The molecule has 5 heavy (non-hydrogen) atoms. The maximum absolute atomic E-state index is 0. The van der Waals surface area contributed by atoms with Crippen LogP contribution in [-0.4, -0.2) is 0 Å². The van der Waals surface area contributed by atoms with E-state index in [-0.39, 0.29) is 107 Å². The SMILES string of the molecule is [Ag].[Pd].[Pt].[Ti].[W]. The zero-order valence-corrected chi connectivity index (χ0v) is 11.6. The largest absolute Gasteiger partial charge is 0 e. The Hall–Kier alpha value is 3.49. The van der Waals surface area contributed by atoms with E-state index in [1.165, 1.54) is 0 Å². The zero-order valence-electron chi connectivity index (χ0n) is 1.84. The summed E-state index contributed by atoms with van der Waals surface area (Å²) < 4.78 is 0. The summed E-state index contributed by atoms with van der Waals surface area (Å²) in [5, 5.41) is 0. The van der Waals surface area contributed by atoms with Gasteiger partial charge in [-0.3, -0.25) is 0 Å². The molecule has 0 nitrogen and oxygen atoms in total. The molecule has 0 aliphatic heterocycles. The molecule has 0 heterocycles. The predicted octanol–water partition coefficient (Wildman–Crippen LogP) is -0.0125. The summed E-state index contributed by atoms with van der Waals surface area (Å²) in [6.07, 6.45) is 0. The Morgan fingerprint density at radius 2 is 1.00 bits per heavy atom. The van der Waals surface area contributed by atoms with E-state index in [2.05, 4.69) is 0 Å². The van der Waals surface area contributed by atoms with Gasteiger partial charge in [-0.05, 0) is 0 Å². The Kier molecular flexibility index (Phi) is 202. The summed E-state index contributed by atoms with van der Waals surface area (Å²) in [6.45, 7) is 0. The molecule has 0 aliphatic rings. The van der Waals surface area contributed by atoms with Crippen molar-refractivity contribution in [2.75, 3.05) is 0 Å². The summed E-state index contributed by atoms with van der Waals surface area (Å²) >= 11 is 0. The third kappa shape index (κ3) is 18.5. The van der Waals surface area contributed by atoms with E-state index in [1.54, 1.807) is 0 Å². The van der Waals surface area contributed by atoms with E-state index in [1.807, 2.05) is 0 Å². The van der Waals surface area contributed by atoms with E-state index in [0.29, 0.717) is 0 Å². The molecule has 0 aliphatic carbocycles. The summed E-state index contributed by atoms with van der Waals surface area (Å²) in [7, 11) is 0. The molecule has 0 fully saturated rings. The van der Waals surface area contributed by atoms with Crippen LogP contribution in [0.3, 0.4) is 0 Å². The van der Waals surface area contributed by atoms with Crippen LogP contribution in [0.5, 0.6) is 0 Å². The van der Waals surface area contributed by atoms with Crippen LogP contribution in [0.2, 0.25) is 0 Å². The van der Waals surface area contributed by atoms with Gasteiger partial charge >= 0.3 is 0 Å². The van der Waals surface area contributed by atoms with Crippen molar-refractivity contribution in [2.45, 2.75) is 0 Å². The van der Waals surface area contributed by atoms with Crippen LogP contribution >= 0.6 is 0 Å². The van der Waals surface area contributed by atoms with Gasteiger partial charge in [-0.2, -0.15) is 0 Å². The first-order valence-electron chi connectivity index (χ1n) is 0. The molecule has 0 N–H and O–H groups in total. The molecule has 5 heteroatoms. The second kappa shape index (κ2) is 25.9. The van der Waals surface area contributed by atoms with Crippen molar-refractivity contribution in [3.8, 4) is 0 Å². The summed E-state index contributed by atoms with van der Waals surface area (Å²) in [6, 6.07) is 0. The fourth-order valence-corrected chi connectivity index (χ4v) is 0. The predicted molar refractivity (Wildman–Crippen MR) is 0 cm³/mol. The third-order valence-electron chi connectivity index (χ3n) is 0. The molecule has 0 saturated carbocycles. The van der Waals surface area contributed by atoms with Crippen molar-refractivity contribution in [1.82, 2.24) is 0 Å². The van der Waals surface area contributed by atoms with Crippen LogP contribution in [0, 0.1) is 0 Å². The molecule has 0 aromatic carbocycles. The molecule has 0 aromatic heterocycles. The molecular formula is AgPdPtTiW. The molecular weight excluding hydrogens is 641 g/mol. The second-order valence-electron chi connectivity index (χ2n) is 0. The standard InChI is InChI=1S/Ag.Pd.Pt.Ti.W. The third-order valence-corrected chi connectivity index (χ3v) is 0. The van der Waals surface area contributed by atoms with Gasteiger partial charge in [0.25, 0.3) is 0 Å². The number of hydrogen-bond donors (Lipinski definition) is 0. The topological polar surface area (TPSA) is 0 Å². The molecule has 0 bridgehead atoms. The molecule has 0 spiro atoms. The Balaban J connectivity index is 0. The Labute approximate surface area is 105 Å². The zero-order chi connectivity index (χ0) is 0. The molecule has 0 aromatic rings. The normalized spacial score (nSPS) is 0. The van der Waals surface area contributed by atoms with Gasteiger partial charge in [0.15, 0.2) is 0 Å². The van der Waals surface area contributed by atoms with Gasteiger partial charge in [0, 0.05) is 107 Å². The van der Waals surface area contributed by atoms with Gasteiger partial charge in [-0.25, -0.2) is 0 Å². The van der Waals surface area contributed by atoms with Gasteiger partial charge in [0.05, 0.1) is 0 Å². The van der Waals surface area contributed by atoms with Gasteiger partial charge < -0.3 is 0 Å². The molecule has 0 saturated heterocycles. The van der Waals surface area contributed by atoms with E-state index in [0.717, 1.165) is 0 Å². The number of hydrogen-bond acceptors (Lipinski definition) is 0. The van der Waals surface area contributed by atoms with E-state index in [4.69, 9.17) is 0 Å². The molecule has 41 valence electrons. The second-order valence-corrected chi connectivity index (χ2v) is 0. The summed E-state index contributed by atoms with van der Waals surface area (Å²) in [5.74, 6) is 0. The quantitative estimate of drug-likeness (QED) is 0.327. The fourth-order valence-electron chi connectivity index (χ4n) is 0. The Morgan fingerprint density at radius 3 is 1.00 bits per heavy atom. The maximum atomic E-state index is 0. The molecule has 0 unspecified atom stereocenters. The van der Waals surface area contributed by atoms with Crippen molar-refractivity contribution >= 4 is 0 Å². The van der Waals surface area contributed by atoms with E-state index in [9.17, 15) is 0 Å². The van der Waals surface area contributed by atoms with Crippen molar-refractivity contribution in [1.29, 1.82) is 0 Å². The van der Waals surface area contributed by atoms with Crippen LogP contribution in [0.4, 0.5) is 0 Å². The maximum Gasteiger partial charge on any atom is 0 e. The Morgan fingerprint density at radius 1 is 1.00 bits per heavy atom. The van der Waals surface area contributed by atoms with Gasteiger partial charge in [0.1, 0.15) is 0 Å². The summed E-state index contributed by atoms with van der Waals surface area (Å²) in [5.41, 5.74) is 0. The Bertz CT molecular complexity index is 11.6. The van der Waals surface area contributed by atoms with Crippen molar-refractivity contribution in [3.63, 3.8) is 0 Å². The smallest absolute Gasteiger partial charge is 0 e. The summed E-state index contributed by atoms with van der Waals surface area (Å²) in [4.78, 5) is 0. The van der Waals surface area contributed by atoms with E-state index >= 15 is 0 Å². The first-order valence-corrected chi connectivity index (χ1v) is 0. The fraction of sp³-hybridized carbons (Fsp3) is 0. The van der Waals surface area contributed by atoms with Gasteiger partial charge in [-0.1, -0.05) is 0 Å². The van der Waals surface area contributed by atoms with Crippen LogP contribution in [-0.2, 0) is 107 Å². The van der Waals surface area contributed by atoms with Crippen molar-refractivity contribution in [2.24, 2.45) is 0 Å². The van der Waals surface area contributed by atoms with Gasteiger partial charge in [0.2, 0.25) is 0 Å². The molecule has 1 radical (unpaired) electrons. The van der Waals surface area contributed by atoms with E-state index < -0.39 is 0 Å². The molecule has 0 rings (SSSR count). The average molecular weight is 641 g/mol. The van der Waals surface area contributed by atoms with Crippen LogP contribution < -0.4 is 0 Å². The first kappa shape index (κ1) is 39.1. The molecule has 0 amide bonds. The van der Waals surface area contributed by atoms with Crippen LogP contribution in [0.25, 0.3) is 0 Å².